The minimum Gasteiger partial charge on any atom is -0.494 e. The summed E-state index contributed by atoms with van der Waals surface area (Å²) < 4.78 is 16.6. The summed E-state index contributed by atoms with van der Waals surface area (Å²) in [6, 6.07) is 7.36. The van der Waals surface area contributed by atoms with Crippen LogP contribution in [0.3, 0.4) is 0 Å². The third-order valence-corrected chi connectivity index (χ3v) is 5.88. The van der Waals surface area contributed by atoms with Gasteiger partial charge in [0, 0.05) is 13.7 Å². The van der Waals surface area contributed by atoms with Crippen LogP contribution in [0.25, 0.3) is 0 Å². The quantitative estimate of drug-likeness (QED) is 0.260. The van der Waals surface area contributed by atoms with Crippen LogP contribution in [0.5, 0.6) is 5.75 Å². The van der Waals surface area contributed by atoms with Gasteiger partial charge in [0.2, 0.25) is 0 Å². The Kier molecular flexibility index (Phi) is 11.8. The van der Waals surface area contributed by atoms with Gasteiger partial charge in [0.1, 0.15) is 11.9 Å². The highest BCUT2D eigenvalue weighted by atomic mass is 16.5. The zero-order valence-electron chi connectivity index (χ0n) is 18.5. The molecular formula is C25H40O4. The molecule has 0 N–H and O–H groups in total. The third-order valence-electron chi connectivity index (χ3n) is 5.88. The molecule has 4 nitrogen and oxygen atoms in total. The van der Waals surface area contributed by atoms with E-state index in [1.54, 1.807) is 7.11 Å². The van der Waals surface area contributed by atoms with Gasteiger partial charge in [-0.1, -0.05) is 39.0 Å². The van der Waals surface area contributed by atoms with E-state index < -0.39 is 0 Å². The van der Waals surface area contributed by atoms with Crippen LogP contribution < -0.4 is 4.74 Å². The molecule has 0 unspecified atom stereocenters. The first-order valence-corrected chi connectivity index (χ1v) is 11.7. The van der Waals surface area contributed by atoms with Gasteiger partial charge in [-0.15, -0.1) is 0 Å². The van der Waals surface area contributed by atoms with Crippen molar-refractivity contribution in [2.24, 2.45) is 5.92 Å². The van der Waals surface area contributed by atoms with Crippen molar-refractivity contribution in [2.75, 3.05) is 20.3 Å². The number of hydrogen-bond donors (Lipinski definition) is 0. The minimum absolute atomic E-state index is 0.0824. The average molecular weight is 405 g/mol. The number of rotatable bonds is 14. The van der Waals surface area contributed by atoms with Crippen molar-refractivity contribution in [2.45, 2.75) is 90.1 Å². The highest BCUT2D eigenvalue weighted by Gasteiger charge is 2.24. The molecular weight excluding hydrogens is 364 g/mol. The molecule has 1 aromatic rings. The zero-order chi connectivity index (χ0) is 20.7. The van der Waals surface area contributed by atoms with Crippen LogP contribution in [0, 0.1) is 5.92 Å². The molecule has 4 heteroatoms. The maximum absolute atomic E-state index is 12.4. The van der Waals surface area contributed by atoms with E-state index in [2.05, 4.69) is 6.92 Å². The van der Waals surface area contributed by atoms with Crippen LogP contribution in [0.1, 0.15) is 94.3 Å². The molecule has 0 amide bonds. The molecule has 0 aliphatic heterocycles. The first-order chi connectivity index (χ1) is 14.2. The lowest BCUT2D eigenvalue weighted by Crippen LogP contribution is -2.24. The Labute approximate surface area is 177 Å². The first kappa shape index (κ1) is 23.7. The Bertz CT molecular complexity index is 546. The number of unbranched alkanes of at least 4 members (excludes halogenated alkanes) is 5. The number of carbonyl (C=O) groups is 1. The molecule has 0 saturated heterocycles. The Morgan fingerprint density at radius 3 is 2.24 bits per heavy atom. The van der Waals surface area contributed by atoms with Crippen LogP contribution in [0.2, 0.25) is 0 Å². The summed E-state index contributed by atoms with van der Waals surface area (Å²) in [5, 5.41) is 0. The van der Waals surface area contributed by atoms with E-state index in [0.717, 1.165) is 50.4 Å². The van der Waals surface area contributed by atoms with E-state index in [1.165, 1.54) is 44.9 Å². The topological polar surface area (TPSA) is 44.8 Å². The van der Waals surface area contributed by atoms with E-state index >= 15 is 0 Å². The van der Waals surface area contributed by atoms with Crippen molar-refractivity contribution in [3.8, 4) is 5.75 Å². The largest absolute Gasteiger partial charge is 0.494 e. The van der Waals surface area contributed by atoms with E-state index in [1.807, 2.05) is 24.3 Å². The summed E-state index contributed by atoms with van der Waals surface area (Å²) in [7, 11) is 1.74. The van der Waals surface area contributed by atoms with Gasteiger partial charge in [0.25, 0.3) is 0 Å². The van der Waals surface area contributed by atoms with E-state index in [4.69, 9.17) is 14.2 Å². The monoisotopic (exact) mass is 404 g/mol. The molecule has 1 aliphatic rings. The molecule has 0 bridgehead atoms. The normalized spacial score (nSPS) is 19.1. The molecule has 0 heterocycles. The van der Waals surface area contributed by atoms with Crippen LogP contribution in [0.4, 0.5) is 0 Å². The molecule has 1 saturated carbocycles. The molecule has 0 atom stereocenters. The van der Waals surface area contributed by atoms with Crippen LogP contribution >= 0.6 is 0 Å². The molecule has 0 aromatic heterocycles. The Balaban J connectivity index is 1.62. The maximum atomic E-state index is 12.4. The fraction of sp³-hybridized carbons (Fsp3) is 0.720. The van der Waals surface area contributed by atoms with Gasteiger partial charge in [-0.05, 0) is 75.1 Å². The van der Waals surface area contributed by atoms with Crippen LogP contribution in [0.15, 0.2) is 24.3 Å². The Morgan fingerprint density at radius 2 is 1.59 bits per heavy atom. The third kappa shape index (κ3) is 9.66. The number of hydrogen-bond acceptors (Lipinski definition) is 4. The predicted molar refractivity (Wildman–Crippen MR) is 118 cm³/mol. The van der Waals surface area contributed by atoms with Crippen molar-refractivity contribution in [1.82, 2.24) is 0 Å². The summed E-state index contributed by atoms with van der Waals surface area (Å²) in [6.07, 6.45) is 14.2. The van der Waals surface area contributed by atoms with Gasteiger partial charge in [-0.3, -0.25) is 0 Å². The fourth-order valence-electron chi connectivity index (χ4n) is 4.02. The van der Waals surface area contributed by atoms with Crippen LogP contribution in [-0.4, -0.2) is 32.4 Å². The molecule has 0 radical (unpaired) electrons. The summed E-state index contributed by atoms with van der Waals surface area (Å²) >= 11 is 0. The van der Waals surface area contributed by atoms with E-state index in [-0.39, 0.29) is 12.1 Å². The van der Waals surface area contributed by atoms with E-state index in [9.17, 15) is 4.79 Å². The lowest BCUT2D eigenvalue weighted by Gasteiger charge is -2.28. The second-order valence-electron chi connectivity index (χ2n) is 8.32. The molecule has 1 aromatic carbocycles. The summed E-state index contributed by atoms with van der Waals surface area (Å²) in [4.78, 5) is 12.4. The molecule has 29 heavy (non-hydrogen) atoms. The SMILES string of the molecule is CCCCCC1CCC(OC(=O)c2ccc(OCCCCCCOC)cc2)CC1. The van der Waals surface area contributed by atoms with Gasteiger partial charge < -0.3 is 14.2 Å². The highest BCUT2D eigenvalue weighted by Crippen LogP contribution is 2.30. The summed E-state index contributed by atoms with van der Waals surface area (Å²) in [6.45, 7) is 3.79. The number of benzene rings is 1. The van der Waals surface area contributed by atoms with Crippen molar-refractivity contribution < 1.29 is 19.0 Å². The standard InChI is InChI=1S/C25H40O4/c1-3-4-7-10-21-11-15-24(16-12-21)29-25(26)22-13-17-23(18-14-22)28-20-9-6-5-8-19-27-2/h13-14,17-18,21,24H,3-12,15-16,19-20H2,1-2H3. The van der Waals surface area contributed by atoms with Gasteiger partial charge >= 0.3 is 5.97 Å². The molecule has 164 valence electrons. The second-order valence-corrected chi connectivity index (χ2v) is 8.32. The number of carbonyl (C=O) groups excluding carboxylic acids is 1. The molecule has 1 fully saturated rings. The van der Waals surface area contributed by atoms with Gasteiger partial charge in [-0.2, -0.15) is 0 Å². The second kappa shape index (κ2) is 14.4. The summed E-state index contributed by atoms with van der Waals surface area (Å²) in [5.41, 5.74) is 0.613. The van der Waals surface area contributed by atoms with Crippen LogP contribution in [-0.2, 0) is 9.47 Å². The van der Waals surface area contributed by atoms with Crippen molar-refractivity contribution in [3.05, 3.63) is 29.8 Å². The lowest BCUT2D eigenvalue weighted by molar-refractivity contribution is 0.0161. The number of methoxy groups -OCH3 is 1. The molecule has 2 rings (SSSR count). The van der Waals surface area contributed by atoms with Crippen molar-refractivity contribution in [3.63, 3.8) is 0 Å². The smallest absolute Gasteiger partial charge is 0.338 e. The highest BCUT2D eigenvalue weighted by molar-refractivity contribution is 5.89. The molecule has 0 spiro atoms. The Morgan fingerprint density at radius 1 is 0.897 bits per heavy atom. The first-order valence-electron chi connectivity index (χ1n) is 11.7. The van der Waals surface area contributed by atoms with Gasteiger partial charge in [0.15, 0.2) is 0 Å². The zero-order valence-corrected chi connectivity index (χ0v) is 18.5. The predicted octanol–water partition coefficient (Wildman–Crippen LogP) is 6.57. The minimum atomic E-state index is -0.205. The summed E-state index contributed by atoms with van der Waals surface area (Å²) in [5.74, 6) is 1.43. The van der Waals surface area contributed by atoms with Gasteiger partial charge in [-0.25, -0.2) is 4.79 Å². The fourth-order valence-corrected chi connectivity index (χ4v) is 4.02. The lowest BCUT2D eigenvalue weighted by atomic mass is 9.84. The molecule has 1 aliphatic carbocycles. The average Bonchev–Trinajstić information content (AvgIpc) is 2.75. The number of esters is 1. The van der Waals surface area contributed by atoms with Gasteiger partial charge in [0.05, 0.1) is 12.2 Å². The maximum Gasteiger partial charge on any atom is 0.338 e. The Hall–Kier alpha value is -1.55. The van der Waals surface area contributed by atoms with Crippen molar-refractivity contribution >= 4 is 5.97 Å². The number of ether oxygens (including phenoxy) is 3. The van der Waals surface area contributed by atoms with E-state index in [0.29, 0.717) is 12.2 Å². The van der Waals surface area contributed by atoms with Crippen molar-refractivity contribution in [1.29, 1.82) is 0 Å².